The van der Waals surface area contributed by atoms with Gasteiger partial charge in [-0.15, -0.1) is 10.2 Å². The lowest BCUT2D eigenvalue weighted by Gasteiger charge is -2.33. The normalized spacial score (nSPS) is 21.7. The van der Waals surface area contributed by atoms with Gasteiger partial charge in [0.15, 0.2) is 15.0 Å². The molecule has 0 aliphatic carbocycles. The van der Waals surface area contributed by atoms with Crippen LogP contribution in [0.3, 0.4) is 0 Å². The molecule has 0 radical (unpaired) electrons. The molecule has 9 heteroatoms. The van der Waals surface area contributed by atoms with Gasteiger partial charge in [0.05, 0.1) is 17.3 Å². The predicted molar refractivity (Wildman–Crippen MR) is 85.4 cm³/mol. The second-order valence-electron chi connectivity index (χ2n) is 5.63. The zero-order chi connectivity index (χ0) is 16.3. The quantitative estimate of drug-likeness (QED) is 0.706. The highest BCUT2D eigenvalue weighted by Gasteiger charge is 2.36. The molecule has 2 heterocycles. The van der Waals surface area contributed by atoms with E-state index in [1.807, 2.05) is 20.9 Å². The van der Waals surface area contributed by atoms with E-state index in [1.165, 1.54) is 11.8 Å². The average Bonchev–Trinajstić information content (AvgIpc) is 3.02. The first-order valence-corrected chi connectivity index (χ1v) is 10.1. The third-order valence-electron chi connectivity index (χ3n) is 3.95. The fourth-order valence-corrected chi connectivity index (χ4v) is 5.07. The van der Waals surface area contributed by atoms with Crippen molar-refractivity contribution in [3.05, 3.63) is 6.33 Å². The van der Waals surface area contributed by atoms with E-state index in [1.54, 1.807) is 15.8 Å². The third-order valence-corrected chi connectivity index (χ3v) is 6.72. The summed E-state index contributed by atoms with van der Waals surface area (Å²) in [6, 6.07) is -0.168. The summed E-state index contributed by atoms with van der Waals surface area (Å²) in [6.45, 7) is 3.97. The molecule has 1 aliphatic heterocycles. The van der Waals surface area contributed by atoms with Gasteiger partial charge in [0, 0.05) is 19.1 Å². The second kappa shape index (κ2) is 6.99. The number of amides is 1. The van der Waals surface area contributed by atoms with Crippen LogP contribution < -0.4 is 0 Å². The fraction of sp³-hybridized carbons (Fsp3) is 0.769. The molecule has 1 aromatic heterocycles. The fourth-order valence-electron chi connectivity index (χ4n) is 2.60. The second-order valence-corrected chi connectivity index (χ2v) is 8.80. The number of aryl methyl sites for hydroxylation is 1. The first-order chi connectivity index (χ1) is 10.3. The van der Waals surface area contributed by atoms with Gasteiger partial charge in [-0.25, -0.2) is 8.42 Å². The maximum atomic E-state index is 12.6. The van der Waals surface area contributed by atoms with Crippen LogP contribution in [0.4, 0.5) is 0 Å². The van der Waals surface area contributed by atoms with E-state index in [4.69, 9.17) is 0 Å². The number of nitrogens with zero attached hydrogens (tertiary/aromatic N) is 4. The molecule has 0 bridgehead atoms. The minimum absolute atomic E-state index is 0.0332. The van der Waals surface area contributed by atoms with Crippen molar-refractivity contribution in [2.45, 2.75) is 43.9 Å². The number of sulfone groups is 1. The van der Waals surface area contributed by atoms with E-state index in [2.05, 4.69) is 10.2 Å². The van der Waals surface area contributed by atoms with Gasteiger partial charge in [-0.05, 0) is 19.8 Å². The Morgan fingerprint density at radius 2 is 2.32 bits per heavy atom. The van der Waals surface area contributed by atoms with Crippen LogP contribution in [0.1, 0.15) is 26.7 Å². The highest BCUT2D eigenvalue weighted by Crippen LogP contribution is 2.23. The maximum Gasteiger partial charge on any atom is 0.233 e. The largest absolute Gasteiger partial charge is 0.335 e. The van der Waals surface area contributed by atoms with Crippen LogP contribution in [0.2, 0.25) is 0 Å². The molecule has 0 spiro atoms. The van der Waals surface area contributed by atoms with Crippen LogP contribution in [0.25, 0.3) is 0 Å². The van der Waals surface area contributed by atoms with E-state index in [9.17, 15) is 13.2 Å². The topological polar surface area (TPSA) is 85.2 Å². The minimum atomic E-state index is -3.01. The van der Waals surface area contributed by atoms with Crippen LogP contribution in [-0.2, 0) is 21.7 Å². The van der Waals surface area contributed by atoms with Crippen molar-refractivity contribution in [2.24, 2.45) is 7.05 Å². The molecule has 0 saturated carbocycles. The van der Waals surface area contributed by atoms with Gasteiger partial charge in [0.2, 0.25) is 5.91 Å². The maximum absolute atomic E-state index is 12.6. The molecule has 1 fully saturated rings. The van der Waals surface area contributed by atoms with Gasteiger partial charge in [-0.1, -0.05) is 18.7 Å². The van der Waals surface area contributed by atoms with Crippen molar-refractivity contribution in [3.63, 3.8) is 0 Å². The monoisotopic (exact) mass is 346 g/mol. The van der Waals surface area contributed by atoms with Gasteiger partial charge in [0.25, 0.3) is 0 Å². The summed E-state index contributed by atoms with van der Waals surface area (Å²) in [5, 5.41) is 8.40. The Morgan fingerprint density at radius 3 is 2.82 bits per heavy atom. The SMILES string of the molecule is CC[C@@H](C)N(C(=O)CSc1nncn1C)[C@H]1CCS(=O)(=O)C1. The number of hydrogen-bond acceptors (Lipinski definition) is 6. The smallest absolute Gasteiger partial charge is 0.233 e. The third kappa shape index (κ3) is 4.01. The Bertz CT molecular complexity index is 629. The van der Waals surface area contributed by atoms with E-state index in [0.29, 0.717) is 11.6 Å². The number of rotatable bonds is 6. The Hall–Kier alpha value is -1.09. The van der Waals surface area contributed by atoms with Gasteiger partial charge in [0.1, 0.15) is 6.33 Å². The van der Waals surface area contributed by atoms with Crippen LogP contribution in [-0.4, -0.2) is 63.3 Å². The standard InChI is InChI=1S/C13H22N4O3S2/c1-4-10(2)17(11-5-6-22(19,20)8-11)12(18)7-21-13-15-14-9-16(13)3/h9-11H,4-8H2,1-3H3/t10-,11+/m1/s1. The van der Waals surface area contributed by atoms with Crippen LogP contribution in [0, 0.1) is 0 Å². The lowest BCUT2D eigenvalue weighted by atomic mass is 10.1. The van der Waals surface area contributed by atoms with Gasteiger partial charge in [-0.2, -0.15) is 0 Å². The molecule has 1 aromatic rings. The molecule has 0 aromatic carbocycles. The van der Waals surface area contributed by atoms with Gasteiger partial charge >= 0.3 is 0 Å². The van der Waals surface area contributed by atoms with Crippen molar-refractivity contribution >= 4 is 27.5 Å². The van der Waals surface area contributed by atoms with Crippen molar-refractivity contribution in [3.8, 4) is 0 Å². The predicted octanol–water partition coefficient (Wildman–Crippen LogP) is 0.721. The summed E-state index contributed by atoms with van der Waals surface area (Å²) in [5.74, 6) is 0.462. The van der Waals surface area contributed by atoms with E-state index in [-0.39, 0.29) is 35.2 Å². The average molecular weight is 346 g/mol. The Kier molecular flexibility index (Phi) is 5.49. The molecule has 124 valence electrons. The molecule has 1 amide bonds. The Labute approximate surface area is 135 Å². The summed E-state index contributed by atoms with van der Waals surface area (Å²) in [5.41, 5.74) is 0. The van der Waals surface area contributed by atoms with Crippen molar-refractivity contribution in [2.75, 3.05) is 17.3 Å². The van der Waals surface area contributed by atoms with Crippen LogP contribution in [0.15, 0.2) is 11.5 Å². The van der Waals surface area contributed by atoms with Gasteiger partial charge in [-0.3, -0.25) is 4.79 Å². The number of hydrogen-bond donors (Lipinski definition) is 0. The molecule has 22 heavy (non-hydrogen) atoms. The molecule has 0 N–H and O–H groups in total. The Morgan fingerprint density at radius 1 is 1.59 bits per heavy atom. The van der Waals surface area contributed by atoms with E-state index < -0.39 is 9.84 Å². The lowest BCUT2D eigenvalue weighted by Crippen LogP contribution is -2.47. The zero-order valence-corrected chi connectivity index (χ0v) is 14.7. The summed E-state index contributed by atoms with van der Waals surface area (Å²) >= 11 is 1.33. The summed E-state index contributed by atoms with van der Waals surface area (Å²) < 4.78 is 25.2. The molecule has 7 nitrogen and oxygen atoms in total. The minimum Gasteiger partial charge on any atom is -0.335 e. The number of carbonyl (C=O) groups is 1. The van der Waals surface area contributed by atoms with E-state index >= 15 is 0 Å². The highest BCUT2D eigenvalue weighted by atomic mass is 32.2. The summed E-state index contributed by atoms with van der Waals surface area (Å²) in [6.07, 6.45) is 2.92. The zero-order valence-electron chi connectivity index (χ0n) is 13.1. The molecule has 2 rings (SSSR count). The summed E-state index contributed by atoms with van der Waals surface area (Å²) in [7, 11) is -1.19. The molecular weight excluding hydrogens is 324 g/mol. The molecule has 1 saturated heterocycles. The van der Waals surface area contributed by atoms with Crippen molar-refractivity contribution < 1.29 is 13.2 Å². The number of aromatic nitrogens is 3. The van der Waals surface area contributed by atoms with E-state index in [0.717, 1.165) is 6.42 Å². The summed E-state index contributed by atoms with van der Waals surface area (Å²) in [4.78, 5) is 14.4. The van der Waals surface area contributed by atoms with Crippen molar-refractivity contribution in [1.82, 2.24) is 19.7 Å². The van der Waals surface area contributed by atoms with Crippen molar-refractivity contribution in [1.29, 1.82) is 0 Å². The molecule has 1 aliphatic rings. The first kappa shape index (κ1) is 17.3. The van der Waals surface area contributed by atoms with Crippen LogP contribution in [0.5, 0.6) is 0 Å². The Balaban J connectivity index is 2.05. The molecule has 2 atom stereocenters. The van der Waals surface area contributed by atoms with Crippen LogP contribution >= 0.6 is 11.8 Å². The first-order valence-electron chi connectivity index (χ1n) is 7.32. The highest BCUT2D eigenvalue weighted by molar-refractivity contribution is 7.99. The number of carbonyl (C=O) groups excluding carboxylic acids is 1. The number of thioether (sulfide) groups is 1. The van der Waals surface area contributed by atoms with Gasteiger partial charge < -0.3 is 9.47 Å². The molecule has 0 unspecified atom stereocenters. The molecular formula is C13H22N4O3S2. The lowest BCUT2D eigenvalue weighted by molar-refractivity contribution is -0.132.